The van der Waals surface area contributed by atoms with E-state index in [9.17, 15) is 4.79 Å². The minimum absolute atomic E-state index is 0.316. The molecule has 2 N–H and O–H groups in total. The first kappa shape index (κ1) is 13.2. The molecule has 0 fully saturated rings. The van der Waals surface area contributed by atoms with Gasteiger partial charge in [0, 0.05) is 13.1 Å². The molecule has 0 heterocycles. The summed E-state index contributed by atoms with van der Waals surface area (Å²) < 4.78 is 4.88. The van der Waals surface area contributed by atoms with E-state index in [0.717, 1.165) is 12.8 Å². The number of amides is 1. The molecule has 0 aromatic carbocycles. The number of hydrogen-bond acceptors (Lipinski definition) is 3. The average Bonchev–Trinajstić information content (AvgIpc) is 2.13. The molecular weight excluding hydrogens is 180 g/mol. The van der Waals surface area contributed by atoms with Crippen molar-refractivity contribution >= 4 is 6.09 Å². The van der Waals surface area contributed by atoms with E-state index in [1.807, 2.05) is 7.05 Å². The van der Waals surface area contributed by atoms with Crippen molar-refractivity contribution in [3.63, 3.8) is 0 Å². The molecule has 84 valence electrons. The Morgan fingerprint density at radius 1 is 1.36 bits per heavy atom. The Hall–Kier alpha value is -0.770. The van der Waals surface area contributed by atoms with Crippen LogP contribution in [0.5, 0.6) is 0 Å². The van der Waals surface area contributed by atoms with E-state index in [0.29, 0.717) is 25.6 Å². The van der Waals surface area contributed by atoms with Gasteiger partial charge in [-0.3, -0.25) is 0 Å². The Kier molecular flexibility index (Phi) is 8.33. The number of hydrogen-bond donors (Lipinski definition) is 2. The van der Waals surface area contributed by atoms with Crippen LogP contribution in [0.3, 0.4) is 0 Å². The van der Waals surface area contributed by atoms with Crippen LogP contribution in [0, 0.1) is 5.92 Å². The Morgan fingerprint density at radius 2 is 2.07 bits per heavy atom. The van der Waals surface area contributed by atoms with Crippen LogP contribution < -0.4 is 10.6 Å². The van der Waals surface area contributed by atoms with Crippen molar-refractivity contribution in [3.8, 4) is 0 Å². The highest BCUT2D eigenvalue weighted by Gasteiger charge is 2.00. The van der Waals surface area contributed by atoms with Gasteiger partial charge in [0.05, 0.1) is 0 Å². The third kappa shape index (κ3) is 9.32. The molecule has 0 aliphatic carbocycles. The van der Waals surface area contributed by atoms with Crippen molar-refractivity contribution in [1.82, 2.24) is 10.6 Å². The summed E-state index contributed by atoms with van der Waals surface area (Å²) in [5.74, 6) is 0.692. The summed E-state index contributed by atoms with van der Waals surface area (Å²) in [7, 11) is 1.82. The molecule has 0 spiro atoms. The maximum atomic E-state index is 11.0. The third-order valence-corrected chi connectivity index (χ3v) is 1.81. The van der Waals surface area contributed by atoms with E-state index >= 15 is 0 Å². The molecule has 0 aliphatic heterocycles. The van der Waals surface area contributed by atoms with Crippen LogP contribution in [-0.2, 0) is 4.74 Å². The zero-order valence-electron chi connectivity index (χ0n) is 9.43. The van der Waals surface area contributed by atoms with Gasteiger partial charge >= 0.3 is 6.09 Å². The molecule has 4 heteroatoms. The lowest BCUT2D eigenvalue weighted by Gasteiger charge is -2.07. The summed E-state index contributed by atoms with van der Waals surface area (Å²) in [5, 5.41) is 5.61. The maximum absolute atomic E-state index is 11.0. The van der Waals surface area contributed by atoms with Crippen molar-refractivity contribution in [2.45, 2.75) is 26.7 Å². The van der Waals surface area contributed by atoms with Crippen molar-refractivity contribution < 1.29 is 9.53 Å². The quantitative estimate of drug-likeness (QED) is 0.613. The normalized spacial score (nSPS) is 10.3. The number of carbonyl (C=O) groups is 1. The van der Waals surface area contributed by atoms with Gasteiger partial charge in [-0.05, 0) is 25.8 Å². The first-order chi connectivity index (χ1) is 6.66. The molecule has 0 radical (unpaired) electrons. The first-order valence-electron chi connectivity index (χ1n) is 5.22. The summed E-state index contributed by atoms with van der Waals surface area (Å²) in [4.78, 5) is 11.0. The molecule has 0 aliphatic rings. The molecule has 14 heavy (non-hydrogen) atoms. The summed E-state index contributed by atoms with van der Waals surface area (Å²) in [6.07, 6.45) is 1.83. The molecule has 4 nitrogen and oxygen atoms in total. The monoisotopic (exact) mass is 202 g/mol. The molecule has 0 unspecified atom stereocenters. The van der Waals surface area contributed by atoms with Crippen LogP contribution >= 0.6 is 0 Å². The topological polar surface area (TPSA) is 50.4 Å². The number of nitrogens with one attached hydrogen (secondary N) is 2. The Labute approximate surface area is 86.4 Å². The third-order valence-electron chi connectivity index (χ3n) is 1.81. The summed E-state index contributed by atoms with van der Waals surface area (Å²) >= 11 is 0. The lowest BCUT2D eigenvalue weighted by Crippen LogP contribution is -2.28. The minimum Gasteiger partial charge on any atom is -0.448 e. The number of alkyl carbamates (subject to hydrolysis) is 1. The van der Waals surface area contributed by atoms with Crippen LogP contribution in [0.2, 0.25) is 0 Å². The summed E-state index contributed by atoms with van der Waals surface area (Å²) in [6.45, 7) is 6.17. The lowest BCUT2D eigenvalue weighted by molar-refractivity contribution is 0.147. The molecule has 1 amide bonds. The fraction of sp³-hybridized carbons (Fsp3) is 0.900. The van der Waals surface area contributed by atoms with E-state index in [4.69, 9.17) is 4.74 Å². The summed E-state index contributed by atoms with van der Waals surface area (Å²) in [5.41, 5.74) is 0. The van der Waals surface area contributed by atoms with Gasteiger partial charge in [-0.2, -0.15) is 0 Å². The van der Waals surface area contributed by atoms with Gasteiger partial charge in [0.25, 0.3) is 0 Å². The molecule has 0 aromatic heterocycles. The molecule has 0 atom stereocenters. The van der Waals surface area contributed by atoms with E-state index in [1.165, 1.54) is 0 Å². The zero-order chi connectivity index (χ0) is 10.8. The number of carbonyl (C=O) groups excluding carboxylic acids is 1. The van der Waals surface area contributed by atoms with Gasteiger partial charge < -0.3 is 15.4 Å². The fourth-order valence-electron chi connectivity index (χ4n) is 0.998. The Balaban J connectivity index is 3.18. The molecule has 0 saturated heterocycles. The van der Waals surface area contributed by atoms with Gasteiger partial charge in [-0.1, -0.05) is 13.8 Å². The van der Waals surface area contributed by atoms with Crippen molar-refractivity contribution in [3.05, 3.63) is 0 Å². The average molecular weight is 202 g/mol. The van der Waals surface area contributed by atoms with Crippen molar-refractivity contribution in [2.24, 2.45) is 5.92 Å². The van der Waals surface area contributed by atoms with Crippen LogP contribution in [0.1, 0.15) is 26.7 Å². The predicted octanol–water partition coefficient (Wildman–Crippen LogP) is 1.37. The number of rotatable bonds is 7. The van der Waals surface area contributed by atoms with Gasteiger partial charge in [0.15, 0.2) is 0 Å². The van der Waals surface area contributed by atoms with Crippen LogP contribution in [0.4, 0.5) is 4.79 Å². The van der Waals surface area contributed by atoms with Gasteiger partial charge in [-0.15, -0.1) is 0 Å². The highest BCUT2D eigenvalue weighted by Crippen LogP contribution is 2.01. The van der Waals surface area contributed by atoms with E-state index < -0.39 is 0 Å². The van der Waals surface area contributed by atoms with Crippen LogP contribution in [-0.4, -0.2) is 32.8 Å². The fourth-order valence-corrected chi connectivity index (χ4v) is 0.998. The first-order valence-corrected chi connectivity index (χ1v) is 5.22. The second-order valence-corrected chi connectivity index (χ2v) is 3.70. The number of ether oxygens (including phenoxy) is 1. The second-order valence-electron chi connectivity index (χ2n) is 3.70. The smallest absolute Gasteiger partial charge is 0.407 e. The Morgan fingerprint density at radius 3 is 2.64 bits per heavy atom. The standard InChI is InChI=1S/C10H22N2O2/c1-9(2)5-4-6-12-10(13)14-8-7-11-3/h9,11H,4-8H2,1-3H3,(H,12,13). The second kappa shape index (κ2) is 8.81. The molecule has 0 saturated carbocycles. The van der Waals surface area contributed by atoms with E-state index in [2.05, 4.69) is 24.5 Å². The lowest BCUT2D eigenvalue weighted by atomic mass is 10.1. The largest absolute Gasteiger partial charge is 0.448 e. The maximum Gasteiger partial charge on any atom is 0.407 e. The van der Waals surface area contributed by atoms with Gasteiger partial charge in [-0.25, -0.2) is 4.79 Å². The van der Waals surface area contributed by atoms with Crippen LogP contribution in [0.25, 0.3) is 0 Å². The Bertz CT molecular complexity index is 149. The van der Waals surface area contributed by atoms with E-state index in [1.54, 1.807) is 0 Å². The van der Waals surface area contributed by atoms with Crippen molar-refractivity contribution in [1.29, 1.82) is 0 Å². The highest BCUT2D eigenvalue weighted by atomic mass is 16.5. The minimum atomic E-state index is -0.316. The predicted molar refractivity (Wildman–Crippen MR) is 57.3 cm³/mol. The highest BCUT2D eigenvalue weighted by molar-refractivity contribution is 5.66. The van der Waals surface area contributed by atoms with Gasteiger partial charge in [0.1, 0.15) is 6.61 Å². The zero-order valence-corrected chi connectivity index (χ0v) is 9.43. The number of likely N-dealkylation sites (N-methyl/N-ethyl adjacent to an activating group) is 1. The van der Waals surface area contributed by atoms with Crippen molar-refractivity contribution in [2.75, 3.05) is 26.7 Å². The SMILES string of the molecule is CNCCOC(=O)NCCCC(C)C. The molecule has 0 rings (SSSR count). The molecular formula is C10H22N2O2. The van der Waals surface area contributed by atoms with Gasteiger partial charge in [0.2, 0.25) is 0 Å². The molecule has 0 bridgehead atoms. The molecule has 0 aromatic rings. The van der Waals surface area contributed by atoms with E-state index in [-0.39, 0.29) is 6.09 Å². The van der Waals surface area contributed by atoms with Crippen LogP contribution in [0.15, 0.2) is 0 Å². The summed E-state index contributed by atoms with van der Waals surface area (Å²) in [6, 6.07) is 0.